The Morgan fingerprint density at radius 2 is 1.64 bits per heavy atom. The number of β-amino-alcohol motifs (C(OH)–C–C–N with tert-alkyl or cyclic N) is 1. The highest BCUT2D eigenvalue weighted by Gasteiger charge is 2.45. The van der Waals surface area contributed by atoms with Gasteiger partial charge in [0.25, 0.3) is 11.5 Å². The van der Waals surface area contributed by atoms with Crippen molar-refractivity contribution in [2.75, 3.05) is 57.6 Å². The van der Waals surface area contributed by atoms with E-state index < -0.39 is 35.4 Å². The van der Waals surface area contributed by atoms with Gasteiger partial charge in [-0.05, 0) is 124 Å². The summed E-state index contributed by atoms with van der Waals surface area (Å²) in [5.41, 5.74) is 10.8. The van der Waals surface area contributed by atoms with Crippen LogP contribution in [0.1, 0.15) is 109 Å². The van der Waals surface area contributed by atoms with Crippen molar-refractivity contribution < 1.29 is 38.5 Å². The number of likely N-dealkylation sites (tertiary alicyclic amines) is 1. The molecule has 0 spiro atoms. The quantitative estimate of drug-likeness (QED) is 0.0417. The second kappa shape index (κ2) is 25.9. The first-order valence-electron chi connectivity index (χ1n) is 26.1. The zero-order chi connectivity index (χ0) is 54.7. The predicted molar refractivity (Wildman–Crippen MR) is 296 cm³/mol. The molecule has 76 heavy (non-hydrogen) atoms. The van der Waals surface area contributed by atoms with Crippen LogP contribution in [0.4, 0.5) is 5.69 Å². The molecule has 0 unspecified atom stereocenters. The van der Waals surface area contributed by atoms with Gasteiger partial charge in [-0.15, -0.1) is 11.3 Å². The lowest BCUT2D eigenvalue weighted by atomic mass is 9.85. The minimum Gasteiger partial charge on any atom is -0.391 e. The number of nitrogens with zero attached hydrogens (tertiary/aromatic N) is 3. The van der Waals surface area contributed by atoms with E-state index in [0.717, 1.165) is 80.3 Å². The lowest BCUT2D eigenvalue weighted by Crippen LogP contribution is -2.58. The summed E-state index contributed by atoms with van der Waals surface area (Å²) in [6, 6.07) is 19.7. The fourth-order valence-electron chi connectivity index (χ4n) is 9.90. The number of aromatic nitrogens is 2. The third kappa shape index (κ3) is 14.4. The molecule has 16 nitrogen and oxygen atoms in total. The maximum absolute atomic E-state index is 14.1. The summed E-state index contributed by atoms with van der Waals surface area (Å²) < 4.78 is 17.0. The number of rotatable bonds is 19. The maximum Gasteiger partial charge on any atom is 0.253 e. The first-order chi connectivity index (χ1) is 36.3. The number of nitrogens with one attached hydrogen (secondary N) is 4. The van der Waals surface area contributed by atoms with E-state index in [0.29, 0.717) is 24.3 Å². The molecule has 4 heterocycles. The van der Waals surface area contributed by atoms with E-state index in [2.05, 4.69) is 55.6 Å². The molecule has 0 bridgehead atoms. The number of ether oxygens (including phenoxy) is 3. The van der Waals surface area contributed by atoms with E-state index in [-0.39, 0.29) is 75.4 Å². The van der Waals surface area contributed by atoms with Gasteiger partial charge < -0.3 is 50.1 Å². The van der Waals surface area contributed by atoms with E-state index in [1.807, 2.05) is 122 Å². The summed E-state index contributed by atoms with van der Waals surface area (Å²) in [6.07, 6.45) is 0.964. The van der Waals surface area contributed by atoms with Crippen LogP contribution in [0.2, 0.25) is 0 Å². The summed E-state index contributed by atoms with van der Waals surface area (Å²) in [4.78, 5) is 79.7. The van der Waals surface area contributed by atoms with Gasteiger partial charge in [-0.2, -0.15) is 0 Å². The molecule has 0 aliphatic carbocycles. The smallest absolute Gasteiger partial charge is 0.253 e. The van der Waals surface area contributed by atoms with E-state index in [9.17, 15) is 29.1 Å². The van der Waals surface area contributed by atoms with Gasteiger partial charge in [0.05, 0.1) is 41.4 Å². The second-order valence-electron chi connectivity index (χ2n) is 20.8. The molecule has 17 heteroatoms. The number of thiazole rings is 1. The molecule has 0 radical (unpaired) electrons. The van der Waals surface area contributed by atoms with Crippen molar-refractivity contribution in [3.63, 3.8) is 0 Å². The van der Waals surface area contributed by atoms with Gasteiger partial charge in [0.1, 0.15) is 25.3 Å². The Morgan fingerprint density at radius 1 is 0.947 bits per heavy atom. The first-order valence-corrected chi connectivity index (χ1v) is 27.0. The Hall–Kier alpha value is -6.68. The number of amides is 4. The third-order valence-corrected chi connectivity index (χ3v) is 15.1. The monoisotopic (exact) mass is 1060 g/mol. The van der Waals surface area contributed by atoms with Crippen LogP contribution >= 0.6 is 11.3 Å². The first kappa shape index (κ1) is 57.0. The molecule has 404 valence electrons. The molecule has 0 saturated carbocycles. The van der Waals surface area contributed by atoms with Gasteiger partial charge in [0, 0.05) is 73.4 Å². The van der Waals surface area contributed by atoms with Crippen molar-refractivity contribution in [1.29, 1.82) is 0 Å². The average molecular weight is 1060 g/mol. The van der Waals surface area contributed by atoms with E-state index in [1.54, 1.807) is 11.3 Å². The lowest BCUT2D eigenvalue weighted by Gasteiger charge is -2.37. The summed E-state index contributed by atoms with van der Waals surface area (Å²) in [7, 11) is 0. The van der Waals surface area contributed by atoms with Crippen molar-refractivity contribution in [3.8, 4) is 33.4 Å². The molecule has 5 aromatic rings. The molecule has 2 aromatic heterocycles. The lowest BCUT2D eigenvalue weighted by molar-refractivity contribution is -0.144. The number of hydrogen-bond donors (Lipinski definition) is 5. The summed E-state index contributed by atoms with van der Waals surface area (Å²) in [5, 5.41) is 19.5. The van der Waals surface area contributed by atoms with Crippen molar-refractivity contribution >= 4 is 40.7 Å². The number of aliphatic hydroxyl groups is 1. The molecule has 4 amide bonds. The number of anilines is 1. The molecule has 2 fully saturated rings. The number of benzene rings is 3. The van der Waals surface area contributed by atoms with Crippen LogP contribution in [0.5, 0.6) is 0 Å². The van der Waals surface area contributed by atoms with Gasteiger partial charge in [0.2, 0.25) is 17.7 Å². The minimum atomic E-state index is -0.995. The molecule has 2 aliphatic heterocycles. The average Bonchev–Trinajstić information content (AvgIpc) is 4.02. The highest BCUT2D eigenvalue weighted by atomic mass is 32.1. The Bertz CT molecular complexity index is 2970. The molecule has 3 aromatic carbocycles. The molecule has 7 rings (SSSR count). The molecule has 5 N–H and O–H groups in total. The van der Waals surface area contributed by atoms with E-state index in [1.165, 1.54) is 4.90 Å². The van der Waals surface area contributed by atoms with Crippen molar-refractivity contribution in [2.45, 2.75) is 118 Å². The van der Waals surface area contributed by atoms with Crippen LogP contribution < -0.4 is 26.4 Å². The fourth-order valence-corrected chi connectivity index (χ4v) is 10.7. The van der Waals surface area contributed by atoms with Gasteiger partial charge in [-0.25, -0.2) is 4.98 Å². The van der Waals surface area contributed by atoms with Crippen LogP contribution in [0.3, 0.4) is 0 Å². The maximum atomic E-state index is 14.1. The van der Waals surface area contributed by atoms with Crippen LogP contribution in [0, 0.1) is 45.0 Å². The number of H-pyrrole nitrogens is 1. The number of carbonyl (C=O) groups excluding carboxylic acids is 4. The Balaban J connectivity index is 0.898. The van der Waals surface area contributed by atoms with Crippen LogP contribution in [0.25, 0.3) is 21.6 Å². The molecular formula is C59H73N7O9S. The van der Waals surface area contributed by atoms with Gasteiger partial charge in [-0.3, -0.25) is 24.0 Å². The minimum absolute atomic E-state index is 0.0353. The highest BCUT2D eigenvalue weighted by molar-refractivity contribution is 7.13. The number of aliphatic hydroxyl groups excluding tert-OH is 1. The Labute approximate surface area is 450 Å². The molecule has 2 saturated heterocycles. The molecular weight excluding hydrogens is 983 g/mol. The van der Waals surface area contributed by atoms with Crippen LogP contribution in [0.15, 0.2) is 77.0 Å². The topological polar surface area (TPSA) is 205 Å². The second-order valence-corrected chi connectivity index (χ2v) is 21.6. The highest BCUT2D eigenvalue weighted by Crippen LogP contribution is 2.35. The van der Waals surface area contributed by atoms with E-state index in [4.69, 9.17) is 14.2 Å². The van der Waals surface area contributed by atoms with Gasteiger partial charge in [0.15, 0.2) is 0 Å². The van der Waals surface area contributed by atoms with Gasteiger partial charge in [-0.1, -0.05) is 69.0 Å². The summed E-state index contributed by atoms with van der Waals surface area (Å²) >= 11 is 1.57. The Kier molecular flexibility index (Phi) is 19.4. The van der Waals surface area contributed by atoms with Crippen molar-refractivity contribution in [1.82, 2.24) is 30.8 Å². The van der Waals surface area contributed by atoms with Crippen molar-refractivity contribution in [2.24, 2.45) is 5.41 Å². The normalized spacial score (nSPS) is 16.6. The van der Waals surface area contributed by atoms with Crippen LogP contribution in [-0.2, 0) is 35.1 Å². The number of aromatic amines is 1. The van der Waals surface area contributed by atoms with Gasteiger partial charge >= 0.3 is 0 Å². The fraction of sp³-hybridized carbons (Fsp3) is 0.458. The number of hydrogen-bond acceptors (Lipinski definition) is 12. The van der Waals surface area contributed by atoms with Crippen molar-refractivity contribution in [3.05, 3.63) is 127 Å². The van der Waals surface area contributed by atoms with Crippen LogP contribution in [-0.4, -0.2) is 121 Å². The predicted octanol–water partition coefficient (Wildman–Crippen LogP) is 7.09. The molecule has 4 atom stereocenters. The zero-order valence-electron chi connectivity index (χ0n) is 45.3. The third-order valence-electron chi connectivity index (χ3n) is 14.1. The van der Waals surface area contributed by atoms with E-state index >= 15 is 0 Å². The number of carbonyl (C=O) groups is 4. The standard InChI is InChI=1S/C59H73N7O9S/c1-10-65(46-21-24-74-25-22-46)50-30-45(29-48(38(50)4)55(69)60-32-49-36(2)28-37(3)62-56(49)70)43-15-13-41(14-16-43)12-11-23-73-26-27-75-34-52(68)64-54(59(7,8)9)58(72)66-33-47(67)31-51(66)57(71)63-39(5)42-17-19-44(20-18-42)53-40(6)61-35-76-53/h13-20,28-30,35,39,46-47,51,54,67H,10,21-27,31-34H2,1-9H3,(H,60,69)(H,62,70)(H,63,71)(H,64,68)/t39-,47+,51-,54+/m0/s1. The molecule has 2 aliphatic rings. The summed E-state index contributed by atoms with van der Waals surface area (Å²) in [6.45, 7) is 19.4. The number of aryl methyl sites for hydroxylation is 3. The number of pyridine rings is 1. The SMILES string of the molecule is CCN(c1cc(-c2ccc(C#CCOCCOCC(=O)N[C@H](C(=O)N3C[C@H](O)C[C@H]3C(=O)N[C@@H](C)c3ccc(-c4scnc4C)cc3)C(C)(C)C)cc2)cc(C(=O)NCc2c(C)cc(C)[nH]c2=O)c1C)C1CCOCC1. The largest absolute Gasteiger partial charge is 0.391 e. The Morgan fingerprint density at radius 3 is 2.30 bits per heavy atom. The zero-order valence-corrected chi connectivity index (χ0v) is 46.1. The summed E-state index contributed by atoms with van der Waals surface area (Å²) in [5.74, 6) is 4.56.